The Morgan fingerprint density at radius 2 is 1.52 bits per heavy atom. The van der Waals surface area contributed by atoms with Gasteiger partial charge in [0.1, 0.15) is 35.1 Å². The van der Waals surface area contributed by atoms with Gasteiger partial charge in [-0.25, -0.2) is 9.59 Å². The van der Waals surface area contributed by atoms with Gasteiger partial charge in [0, 0.05) is 18.0 Å². The Balaban J connectivity index is 2.04. The Bertz CT molecular complexity index is 1350. The third-order valence-corrected chi connectivity index (χ3v) is 7.16. The molecule has 0 heterocycles. The van der Waals surface area contributed by atoms with Crippen LogP contribution in [0.25, 0.3) is 0 Å². The van der Waals surface area contributed by atoms with Gasteiger partial charge in [-0.2, -0.15) is 0 Å². The second-order valence-corrected chi connectivity index (χ2v) is 13.6. The maximum Gasteiger partial charge on any atom is 0.408 e. The largest absolute Gasteiger partial charge is 0.507 e. The van der Waals surface area contributed by atoms with E-state index >= 15 is 0 Å². The van der Waals surface area contributed by atoms with Crippen LogP contribution in [0.4, 0.5) is 4.79 Å². The van der Waals surface area contributed by atoms with E-state index < -0.39 is 53.2 Å². The summed E-state index contributed by atoms with van der Waals surface area (Å²) in [5, 5.41) is 16.6. The van der Waals surface area contributed by atoms with Crippen molar-refractivity contribution in [2.24, 2.45) is 5.92 Å². The number of benzene rings is 2. The number of carbonyl (C=O) groups excluding carboxylic acids is 4. The van der Waals surface area contributed by atoms with E-state index in [4.69, 9.17) is 9.47 Å². The topological polar surface area (TPSA) is 134 Å². The summed E-state index contributed by atoms with van der Waals surface area (Å²) in [7, 11) is 0. The van der Waals surface area contributed by atoms with Gasteiger partial charge in [0.25, 0.3) is 0 Å². The molecule has 5 unspecified atom stereocenters. The fraction of sp³-hybridized carbons (Fsp3) is 0.529. The summed E-state index contributed by atoms with van der Waals surface area (Å²) in [5.41, 5.74) is -0.0499. The van der Waals surface area contributed by atoms with Gasteiger partial charge < -0.3 is 30.1 Å². The molecule has 1 aliphatic rings. The molecule has 5 atom stereocenters. The first-order valence-electron chi connectivity index (χ1n) is 15.0. The van der Waals surface area contributed by atoms with Crippen molar-refractivity contribution in [1.29, 1.82) is 0 Å². The summed E-state index contributed by atoms with van der Waals surface area (Å²) >= 11 is 0. The predicted octanol–water partition coefficient (Wildman–Crippen LogP) is 4.96. The average molecular weight is 610 g/mol. The van der Waals surface area contributed by atoms with Gasteiger partial charge in [0.05, 0.1) is 0 Å². The van der Waals surface area contributed by atoms with Crippen molar-refractivity contribution < 1.29 is 33.8 Å². The molecule has 2 aromatic rings. The molecule has 1 saturated carbocycles. The molecular formula is C34H47N3O7. The molecule has 0 aliphatic heterocycles. The maximum absolute atomic E-state index is 14.4. The Hall–Kier alpha value is -4.08. The van der Waals surface area contributed by atoms with E-state index in [1.807, 2.05) is 37.3 Å². The van der Waals surface area contributed by atoms with Crippen LogP contribution in [0.5, 0.6) is 5.75 Å². The van der Waals surface area contributed by atoms with Gasteiger partial charge in [-0.3, -0.25) is 9.59 Å². The van der Waals surface area contributed by atoms with Crippen LogP contribution in [0.1, 0.15) is 84.5 Å². The lowest BCUT2D eigenvalue weighted by atomic mass is 9.98. The molecule has 3 rings (SSSR count). The standard InChI is InChI=1S/C34H47N3O7/c1-20-14-13-17-24(28(20)38)27(37(26-18-21(26)2)30(40)22(3)35-32(42)44-34(7,8)9)29(39)36-25(31(41)43-33(4,5)6)19-23-15-11-10-12-16-23/h10-17,21-22,25-27,38H,18-19H2,1-9H3,(H,35,42)(H,36,39). The molecule has 0 radical (unpaired) electrons. The number of phenols is 1. The number of carbonyl (C=O) groups is 4. The first kappa shape index (κ1) is 34.4. The van der Waals surface area contributed by atoms with Crippen molar-refractivity contribution in [3.63, 3.8) is 0 Å². The van der Waals surface area contributed by atoms with Crippen molar-refractivity contribution in [3.8, 4) is 5.75 Å². The number of rotatable bonds is 10. The number of aryl methyl sites for hydroxylation is 1. The SMILES string of the molecule is Cc1cccc(C(C(=O)NC(Cc2ccccc2)C(=O)OC(C)(C)C)N(C(=O)C(C)NC(=O)OC(C)(C)C)C2CC2C)c1O. The third-order valence-electron chi connectivity index (χ3n) is 7.16. The molecule has 0 bridgehead atoms. The van der Waals surface area contributed by atoms with E-state index in [0.717, 1.165) is 5.56 Å². The summed E-state index contributed by atoms with van der Waals surface area (Å²) < 4.78 is 11.0. The number of esters is 1. The van der Waals surface area contributed by atoms with E-state index in [9.17, 15) is 24.3 Å². The van der Waals surface area contributed by atoms with E-state index in [-0.39, 0.29) is 29.7 Å². The van der Waals surface area contributed by atoms with E-state index in [0.29, 0.717) is 12.0 Å². The molecule has 1 aliphatic carbocycles. The number of alkyl carbamates (subject to hydrolysis) is 1. The summed E-state index contributed by atoms with van der Waals surface area (Å²) in [6.07, 6.45) is 0.00787. The lowest BCUT2D eigenvalue weighted by molar-refractivity contribution is -0.159. The number of phenolic OH excluding ortho intramolecular Hbond substituents is 1. The lowest BCUT2D eigenvalue weighted by Gasteiger charge is -2.35. The zero-order chi connectivity index (χ0) is 33.0. The fourth-order valence-electron chi connectivity index (χ4n) is 4.93. The number of ether oxygens (including phenoxy) is 2. The van der Waals surface area contributed by atoms with Gasteiger partial charge in [-0.05, 0) is 78.9 Å². The normalized spacial score (nSPS) is 18.3. The van der Waals surface area contributed by atoms with Crippen LogP contribution in [0, 0.1) is 12.8 Å². The Morgan fingerprint density at radius 1 is 0.932 bits per heavy atom. The second kappa shape index (κ2) is 13.7. The fourth-order valence-corrected chi connectivity index (χ4v) is 4.93. The molecule has 10 heteroatoms. The lowest BCUT2D eigenvalue weighted by Crippen LogP contribution is -2.55. The molecule has 0 saturated heterocycles. The second-order valence-electron chi connectivity index (χ2n) is 13.6. The first-order valence-corrected chi connectivity index (χ1v) is 15.0. The van der Waals surface area contributed by atoms with Gasteiger partial charge in [-0.15, -0.1) is 0 Å². The van der Waals surface area contributed by atoms with Crippen molar-refractivity contribution in [2.75, 3.05) is 0 Å². The van der Waals surface area contributed by atoms with Crippen molar-refractivity contribution in [1.82, 2.24) is 15.5 Å². The van der Waals surface area contributed by atoms with E-state index in [1.165, 1.54) is 11.8 Å². The smallest absolute Gasteiger partial charge is 0.408 e. The van der Waals surface area contributed by atoms with Gasteiger partial charge in [0.2, 0.25) is 11.8 Å². The molecular weight excluding hydrogens is 562 g/mol. The van der Waals surface area contributed by atoms with Gasteiger partial charge in [0.15, 0.2) is 0 Å². The highest BCUT2D eigenvalue weighted by Crippen LogP contribution is 2.42. The molecule has 2 aromatic carbocycles. The highest BCUT2D eigenvalue weighted by Gasteiger charge is 2.48. The highest BCUT2D eigenvalue weighted by molar-refractivity contribution is 5.94. The number of hydrogen-bond donors (Lipinski definition) is 3. The minimum Gasteiger partial charge on any atom is -0.507 e. The molecule has 10 nitrogen and oxygen atoms in total. The minimum absolute atomic E-state index is 0.0703. The number of nitrogens with zero attached hydrogens (tertiary/aromatic N) is 1. The molecule has 240 valence electrons. The van der Waals surface area contributed by atoms with Crippen molar-refractivity contribution in [3.05, 3.63) is 65.2 Å². The number of hydrogen-bond acceptors (Lipinski definition) is 7. The molecule has 44 heavy (non-hydrogen) atoms. The Labute approximate surface area is 260 Å². The molecule has 3 amide bonds. The summed E-state index contributed by atoms with van der Waals surface area (Å²) in [6.45, 7) is 15.6. The zero-order valence-corrected chi connectivity index (χ0v) is 27.3. The maximum atomic E-state index is 14.4. The van der Waals surface area contributed by atoms with Crippen LogP contribution in [-0.4, -0.2) is 63.2 Å². The number of para-hydroxylation sites is 1. The molecule has 0 spiro atoms. The van der Waals surface area contributed by atoms with Crippen molar-refractivity contribution >= 4 is 23.9 Å². The molecule has 0 aromatic heterocycles. The zero-order valence-electron chi connectivity index (χ0n) is 27.3. The predicted molar refractivity (Wildman–Crippen MR) is 167 cm³/mol. The minimum atomic E-state index is -1.30. The van der Waals surface area contributed by atoms with E-state index in [2.05, 4.69) is 10.6 Å². The van der Waals surface area contributed by atoms with Gasteiger partial charge >= 0.3 is 12.1 Å². The monoisotopic (exact) mass is 609 g/mol. The van der Waals surface area contributed by atoms with Crippen LogP contribution in [0.2, 0.25) is 0 Å². The van der Waals surface area contributed by atoms with Crippen LogP contribution in [0.15, 0.2) is 48.5 Å². The highest BCUT2D eigenvalue weighted by atomic mass is 16.6. The Morgan fingerprint density at radius 3 is 2.07 bits per heavy atom. The van der Waals surface area contributed by atoms with Crippen LogP contribution < -0.4 is 10.6 Å². The third kappa shape index (κ3) is 9.46. The summed E-state index contributed by atoms with van der Waals surface area (Å²) in [6, 6.07) is 10.4. The van der Waals surface area contributed by atoms with Crippen LogP contribution in [0.3, 0.4) is 0 Å². The quantitative estimate of drug-likeness (QED) is 0.324. The number of aromatic hydroxyl groups is 1. The Kier molecular flexibility index (Phi) is 10.7. The average Bonchev–Trinajstić information content (AvgIpc) is 3.62. The summed E-state index contributed by atoms with van der Waals surface area (Å²) in [5.74, 6) is -1.87. The number of amides is 3. The number of nitrogens with one attached hydrogen (secondary N) is 2. The van der Waals surface area contributed by atoms with Crippen LogP contribution >= 0.6 is 0 Å². The first-order chi connectivity index (χ1) is 20.4. The van der Waals surface area contributed by atoms with Gasteiger partial charge in [-0.1, -0.05) is 55.5 Å². The molecule has 3 N–H and O–H groups in total. The van der Waals surface area contributed by atoms with E-state index in [1.54, 1.807) is 66.7 Å². The molecule has 1 fully saturated rings. The summed E-state index contributed by atoms with van der Waals surface area (Å²) in [4.78, 5) is 55.8. The van der Waals surface area contributed by atoms with Crippen LogP contribution in [-0.2, 0) is 30.3 Å². The van der Waals surface area contributed by atoms with Crippen molar-refractivity contribution in [2.45, 2.75) is 111 Å².